The van der Waals surface area contributed by atoms with E-state index in [2.05, 4.69) is 29.5 Å². The summed E-state index contributed by atoms with van der Waals surface area (Å²) in [6.07, 6.45) is 6.09. The van der Waals surface area contributed by atoms with Crippen molar-refractivity contribution in [3.05, 3.63) is 29.8 Å². The van der Waals surface area contributed by atoms with Gasteiger partial charge in [-0.2, -0.15) is 0 Å². The topological polar surface area (TPSA) is 70.4 Å². The third-order valence-electron chi connectivity index (χ3n) is 5.07. The highest BCUT2D eigenvalue weighted by Crippen LogP contribution is 2.32. The van der Waals surface area contributed by atoms with Crippen molar-refractivity contribution in [2.45, 2.75) is 51.1 Å². The zero-order chi connectivity index (χ0) is 16.7. The fourth-order valence-corrected chi connectivity index (χ4v) is 3.43. The van der Waals surface area contributed by atoms with E-state index >= 15 is 0 Å². The minimum absolute atomic E-state index is 0.101. The number of carbonyl (C=O) groups is 1. The zero-order valence-corrected chi connectivity index (χ0v) is 14.4. The molecule has 0 atom stereocenters. The highest BCUT2D eigenvalue weighted by molar-refractivity contribution is 5.89. The van der Waals surface area contributed by atoms with E-state index in [-0.39, 0.29) is 11.6 Å². The van der Waals surface area contributed by atoms with E-state index in [1.54, 1.807) is 0 Å². The lowest BCUT2D eigenvalue weighted by molar-refractivity contribution is 0.0817. The van der Waals surface area contributed by atoms with E-state index in [0.29, 0.717) is 13.1 Å². The molecule has 0 saturated heterocycles. The van der Waals surface area contributed by atoms with E-state index < -0.39 is 0 Å². The van der Waals surface area contributed by atoms with Gasteiger partial charge >= 0.3 is 6.03 Å². The summed E-state index contributed by atoms with van der Waals surface area (Å²) < 4.78 is 0. The van der Waals surface area contributed by atoms with Crippen LogP contribution in [0.25, 0.3) is 0 Å². The van der Waals surface area contributed by atoms with Crippen LogP contribution in [0.1, 0.15) is 44.6 Å². The third kappa shape index (κ3) is 4.69. The van der Waals surface area contributed by atoms with Crippen molar-refractivity contribution >= 4 is 11.7 Å². The predicted octanol–water partition coefficient (Wildman–Crippen LogP) is 2.92. The molecule has 5 nitrogen and oxygen atoms in total. The smallest absolute Gasteiger partial charge is 0.319 e. The van der Waals surface area contributed by atoms with Gasteiger partial charge in [-0.25, -0.2) is 4.79 Å². The van der Waals surface area contributed by atoms with Crippen LogP contribution in [0.2, 0.25) is 0 Å². The molecular formula is C18H30N4O. The summed E-state index contributed by atoms with van der Waals surface area (Å²) in [5, 5.41) is 5.98. The molecule has 1 aliphatic rings. The summed E-state index contributed by atoms with van der Waals surface area (Å²) in [4.78, 5) is 14.6. The average Bonchev–Trinajstić information content (AvgIpc) is 2.60. The predicted molar refractivity (Wildman–Crippen MR) is 95.5 cm³/mol. The molecule has 1 saturated carbocycles. The van der Waals surface area contributed by atoms with Crippen molar-refractivity contribution in [2.75, 3.05) is 25.5 Å². The highest BCUT2D eigenvalue weighted by Gasteiger charge is 2.35. The molecule has 0 heterocycles. The largest absolute Gasteiger partial charge is 0.336 e. The first kappa shape index (κ1) is 17.8. The molecule has 0 radical (unpaired) electrons. The first-order valence-corrected chi connectivity index (χ1v) is 8.65. The molecule has 4 N–H and O–H groups in total. The number of carbonyl (C=O) groups excluding carboxylic acids is 1. The lowest BCUT2D eigenvalue weighted by atomic mass is 9.80. The molecule has 2 rings (SSSR count). The maximum absolute atomic E-state index is 12.2. The average molecular weight is 318 g/mol. The van der Waals surface area contributed by atoms with Gasteiger partial charge in [0.05, 0.1) is 0 Å². The number of rotatable bonds is 6. The number of anilines is 1. The zero-order valence-electron chi connectivity index (χ0n) is 14.4. The van der Waals surface area contributed by atoms with Crippen LogP contribution in [0, 0.1) is 0 Å². The van der Waals surface area contributed by atoms with Gasteiger partial charge in [-0.15, -0.1) is 0 Å². The Labute approximate surface area is 139 Å². The number of urea groups is 1. The van der Waals surface area contributed by atoms with Gasteiger partial charge < -0.3 is 16.4 Å². The Hall–Kier alpha value is -1.59. The van der Waals surface area contributed by atoms with Crippen LogP contribution in [0.15, 0.2) is 24.3 Å². The van der Waals surface area contributed by atoms with Crippen LogP contribution < -0.4 is 16.4 Å². The molecule has 0 spiro atoms. The molecule has 0 aliphatic heterocycles. The fraction of sp³-hybridized carbons (Fsp3) is 0.611. The van der Waals surface area contributed by atoms with Crippen LogP contribution in [-0.2, 0) is 6.54 Å². The number of nitrogens with one attached hydrogen (secondary N) is 2. The first-order valence-electron chi connectivity index (χ1n) is 8.65. The Balaban J connectivity index is 1.93. The van der Waals surface area contributed by atoms with Crippen LogP contribution in [-0.4, -0.2) is 36.6 Å². The monoisotopic (exact) mass is 318 g/mol. The summed E-state index contributed by atoms with van der Waals surface area (Å²) >= 11 is 0. The Bertz CT molecular complexity index is 511. The SMILES string of the molecule is CCN(C)C1(CNC(=O)Nc2cccc(CN)c2)CCCCC1. The number of nitrogens with zero attached hydrogens (tertiary/aromatic N) is 1. The molecule has 2 amide bonds. The lowest BCUT2D eigenvalue weighted by Gasteiger charge is -2.44. The van der Waals surface area contributed by atoms with E-state index in [1.807, 2.05) is 24.3 Å². The van der Waals surface area contributed by atoms with E-state index in [9.17, 15) is 4.79 Å². The first-order chi connectivity index (χ1) is 11.1. The van der Waals surface area contributed by atoms with Gasteiger partial charge in [0.2, 0.25) is 0 Å². The second-order valence-electron chi connectivity index (χ2n) is 6.51. The quantitative estimate of drug-likeness (QED) is 0.755. The second-order valence-corrected chi connectivity index (χ2v) is 6.51. The Kier molecular flexibility index (Phi) is 6.42. The van der Waals surface area contributed by atoms with Crippen LogP contribution in [0.5, 0.6) is 0 Å². The maximum Gasteiger partial charge on any atom is 0.319 e. The molecule has 0 aromatic heterocycles. The number of likely N-dealkylation sites (N-methyl/N-ethyl adjacent to an activating group) is 1. The second kappa shape index (κ2) is 8.31. The van der Waals surface area contributed by atoms with Crippen molar-refractivity contribution < 1.29 is 4.79 Å². The summed E-state index contributed by atoms with van der Waals surface area (Å²) in [5.41, 5.74) is 7.53. The third-order valence-corrected chi connectivity index (χ3v) is 5.07. The molecule has 0 unspecified atom stereocenters. The van der Waals surface area contributed by atoms with Crippen LogP contribution >= 0.6 is 0 Å². The van der Waals surface area contributed by atoms with E-state index in [1.165, 1.54) is 19.3 Å². The van der Waals surface area contributed by atoms with Gasteiger partial charge in [0, 0.05) is 24.3 Å². The van der Waals surface area contributed by atoms with Gasteiger partial charge in [0.25, 0.3) is 0 Å². The molecule has 1 fully saturated rings. The Morgan fingerprint density at radius 1 is 1.30 bits per heavy atom. The van der Waals surface area contributed by atoms with Crippen LogP contribution in [0.3, 0.4) is 0 Å². The normalized spacial score (nSPS) is 17.0. The highest BCUT2D eigenvalue weighted by atomic mass is 16.2. The molecule has 1 aromatic rings. The van der Waals surface area contributed by atoms with Gasteiger partial charge in [0.15, 0.2) is 0 Å². The van der Waals surface area contributed by atoms with Crippen molar-refractivity contribution in [1.29, 1.82) is 0 Å². The summed E-state index contributed by atoms with van der Waals surface area (Å²) in [7, 11) is 2.16. The Morgan fingerprint density at radius 2 is 2.04 bits per heavy atom. The standard InChI is InChI=1S/C18H30N4O/c1-3-22(2)18(10-5-4-6-11-18)14-20-17(23)21-16-9-7-8-15(12-16)13-19/h7-9,12H,3-6,10-11,13-14,19H2,1-2H3,(H2,20,21,23). The number of benzene rings is 1. The van der Waals surface area contributed by atoms with Crippen molar-refractivity contribution in [2.24, 2.45) is 5.73 Å². The number of nitrogens with two attached hydrogens (primary N) is 1. The molecule has 1 aromatic carbocycles. The Morgan fingerprint density at radius 3 is 2.70 bits per heavy atom. The van der Waals surface area contributed by atoms with Crippen molar-refractivity contribution in [1.82, 2.24) is 10.2 Å². The summed E-state index contributed by atoms with van der Waals surface area (Å²) in [5.74, 6) is 0. The van der Waals surface area contributed by atoms with Crippen molar-refractivity contribution in [3.8, 4) is 0 Å². The lowest BCUT2D eigenvalue weighted by Crippen LogP contribution is -2.55. The number of hydrogen-bond donors (Lipinski definition) is 3. The fourth-order valence-electron chi connectivity index (χ4n) is 3.43. The molecular weight excluding hydrogens is 288 g/mol. The molecule has 0 bridgehead atoms. The molecule has 1 aliphatic carbocycles. The summed E-state index contributed by atoms with van der Waals surface area (Å²) in [6.45, 7) is 4.35. The minimum atomic E-state index is -0.145. The number of amides is 2. The van der Waals surface area contributed by atoms with Gasteiger partial charge in [-0.1, -0.05) is 38.3 Å². The maximum atomic E-state index is 12.2. The summed E-state index contributed by atoms with van der Waals surface area (Å²) in [6, 6.07) is 7.51. The molecule has 128 valence electrons. The van der Waals surface area contributed by atoms with Gasteiger partial charge in [-0.3, -0.25) is 4.90 Å². The van der Waals surface area contributed by atoms with E-state index in [0.717, 1.165) is 30.6 Å². The molecule has 5 heteroatoms. The van der Waals surface area contributed by atoms with Gasteiger partial charge in [-0.05, 0) is 44.1 Å². The van der Waals surface area contributed by atoms with Gasteiger partial charge in [0.1, 0.15) is 0 Å². The molecule has 23 heavy (non-hydrogen) atoms. The van der Waals surface area contributed by atoms with E-state index in [4.69, 9.17) is 5.73 Å². The van der Waals surface area contributed by atoms with Crippen LogP contribution in [0.4, 0.5) is 10.5 Å². The van der Waals surface area contributed by atoms with Crippen molar-refractivity contribution in [3.63, 3.8) is 0 Å². The number of hydrogen-bond acceptors (Lipinski definition) is 3. The minimum Gasteiger partial charge on any atom is -0.336 e.